The molecule has 2 aromatic rings. The van der Waals surface area contributed by atoms with Crippen molar-refractivity contribution >= 4 is 5.91 Å². The maximum absolute atomic E-state index is 12.5. The lowest BCUT2D eigenvalue weighted by atomic mass is 9.93. The number of amides is 1. The molecule has 1 saturated carbocycles. The first-order valence-electron chi connectivity index (χ1n) is 9.42. The Bertz CT molecular complexity index is 862. The fourth-order valence-corrected chi connectivity index (χ4v) is 4.58. The van der Waals surface area contributed by atoms with E-state index in [-0.39, 0.29) is 17.9 Å². The Morgan fingerprint density at radius 1 is 1.19 bits per heavy atom. The van der Waals surface area contributed by atoms with E-state index in [9.17, 15) is 4.79 Å². The number of hydrogen-bond donors (Lipinski definition) is 1. The number of carbonyl (C=O) groups is 1. The van der Waals surface area contributed by atoms with Crippen molar-refractivity contribution in [3.05, 3.63) is 60.4 Å². The molecule has 4 heteroatoms. The molecule has 1 N–H and O–H groups in total. The summed E-state index contributed by atoms with van der Waals surface area (Å²) in [6, 6.07) is 10.3. The molecule has 2 aliphatic carbocycles. The number of nitrogens with zero attached hydrogens (tertiary/aromatic N) is 1. The number of allylic oxidation sites excluding steroid dienone is 2. The standard InChI is InChI=1S/C22H22N2O2/c25-22(20-9-14-3-4-16(20)8-14)24-13-19-11-18-10-15(5-6-21(18)26-19)17-2-1-7-23-12-17/h1-7,10,12,14,16,19-20H,8-9,11,13H2,(H,24,25)/t14-,16+,19-,20-/m1/s1. The number of fused-ring (bicyclic) bond motifs is 3. The summed E-state index contributed by atoms with van der Waals surface area (Å²) in [7, 11) is 0. The molecule has 1 aromatic carbocycles. The van der Waals surface area contributed by atoms with Crippen molar-refractivity contribution in [3.63, 3.8) is 0 Å². The molecule has 26 heavy (non-hydrogen) atoms. The van der Waals surface area contributed by atoms with Crippen LogP contribution >= 0.6 is 0 Å². The van der Waals surface area contributed by atoms with Crippen molar-refractivity contribution < 1.29 is 9.53 Å². The fraction of sp³-hybridized carbons (Fsp3) is 0.364. The average Bonchev–Trinajstić information content (AvgIpc) is 3.41. The lowest BCUT2D eigenvalue weighted by Crippen LogP contribution is -2.39. The van der Waals surface area contributed by atoms with E-state index in [0.717, 1.165) is 36.1 Å². The summed E-state index contributed by atoms with van der Waals surface area (Å²) < 4.78 is 6.03. The zero-order valence-corrected chi connectivity index (χ0v) is 14.6. The Labute approximate surface area is 153 Å². The van der Waals surface area contributed by atoms with Gasteiger partial charge < -0.3 is 10.1 Å². The number of aromatic nitrogens is 1. The zero-order chi connectivity index (χ0) is 17.5. The Morgan fingerprint density at radius 2 is 2.15 bits per heavy atom. The minimum atomic E-state index is 0.0206. The average molecular weight is 346 g/mol. The highest BCUT2D eigenvalue weighted by molar-refractivity contribution is 5.80. The smallest absolute Gasteiger partial charge is 0.223 e. The summed E-state index contributed by atoms with van der Waals surface area (Å²) in [6.07, 6.45) is 11.2. The van der Waals surface area contributed by atoms with Crippen LogP contribution in [0.4, 0.5) is 0 Å². The molecule has 1 amide bonds. The largest absolute Gasteiger partial charge is 0.488 e. The van der Waals surface area contributed by atoms with Crippen molar-refractivity contribution in [2.75, 3.05) is 6.54 Å². The van der Waals surface area contributed by atoms with Gasteiger partial charge in [-0.3, -0.25) is 9.78 Å². The van der Waals surface area contributed by atoms with E-state index in [0.29, 0.717) is 18.4 Å². The summed E-state index contributed by atoms with van der Waals surface area (Å²) in [6.45, 7) is 0.577. The summed E-state index contributed by atoms with van der Waals surface area (Å²) in [5.74, 6) is 2.35. The molecule has 5 rings (SSSR count). The second-order valence-corrected chi connectivity index (χ2v) is 7.64. The molecule has 2 heterocycles. The van der Waals surface area contributed by atoms with Gasteiger partial charge in [-0.1, -0.05) is 24.3 Å². The molecule has 3 aliphatic rings. The number of ether oxygens (including phenoxy) is 1. The van der Waals surface area contributed by atoms with Crippen LogP contribution in [0.5, 0.6) is 5.75 Å². The molecule has 1 aliphatic heterocycles. The van der Waals surface area contributed by atoms with Crippen LogP contribution in [0.15, 0.2) is 54.9 Å². The molecule has 2 bridgehead atoms. The van der Waals surface area contributed by atoms with Gasteiger partial charge in [-0.05, 0) is 54.0 Å². The van der Waals surface area contributed by atoms with Crippen LogP contribution in [-0.4, -0.2) is 23.5 Å². The molecule has 0 unspecified atom stereocenters. The van der Waals surface area contributed by atoms with E-state index in [1.54, 1.807) is 6.20 Å². The molecule has 4 atom stereocenters. The number of nitrogens with one attached hydrogen (secondary N) is 1. The quantitative estimate of drug-likeness (QED) is 0.864. The van der Waals surface area contributed by atoms with Crippen molar-refractivity contribution in [2.45, 2.75) is 25.4 Å². The van der Waals surface area contributed by atoms with Gasteiger partial charge in [-0.2, -0.15) is 0 Å². The third-order valence-electron chi connectivity index (χ3n) is 5.92. The van der Waals surface area contributed by atoms with E-state index in [1.807, 2.05) is 18.3 Å². The zero-order valence-electron chi connectivity index (χ0n) is 14.6. The molecule has 1 fully saturated rings. The van der Waals surface area contributed by atoms with Gasteiger partial charge in [0.05, 0.1) is 6.54 Å². The van der Waals surface area contributed by atoms with E-state index >= 15 is 0 Å². The molecule has 0 radical (unpaired) electrons. The first kappa shape index (κ1) is 15.6. The van der Waals surface area contributed by atoms with Crippen LogP contribution in [-0.2, 0) is 11.2 Å². The van der Waals surface area contributed by atoms with Crippen molar-refractivity contribution in [3.8, 4) is 16.9 Å². The van der Waals surface area contributed by atoms with Crippen LogP contribution in [0.1, 0.15) is 18.4 Å². The highest BCUT2D eigenvalue weighted by Gasteiger charge is 2.39. The van der Waals surface area contributed by atoms with Gasteiger partial charge in [0.1, 0.15) is 11.9 Å². The van der Waals surface area contributed by atoms with Crippen molar-refractivity contribution in [1.29, 1.82) is 0 Å². The lowest BCUT2D eigenvalue weighted by molar-refractivity contribution is -0.126. The predicted molar refractivity (Wildman–Crippen MR) is 99.6 cm³/mol. The van der Waals surface area contributed by atoms with E-state index in [1.165, 1.54) is 5.56 Å². The van der Waals surface area contributed by atoms with E-state index in [2.05, 4.69) is 40.7 Å². The molecular formula is C22H22N2O2. The normalized spacial score (nSPS) is 28.0. The molecule has 0 saturated heterocycles. The van der Waals surface area contributed by atoms with E-state index in [4.69, 9.17) is 4.74 Å². The topological polar surface area (TPSA) is 51.2 Å². The monoisotopic (exact) mass is 346 g/mol. The maximum atomic E-state index is 12.5. The number of benzene rings is 1. The second-order valence-electron chi connectivity index (χ2n) is 7.64. The van der Waals surface area contributed by atoms with Gasteiger partial charge >= 0.3 is 0 Å². The van der Waals surface area contributed by atoms with E-state index < -0.39 is 0 Å². The third-order valence-corrected chi connectivity index (χ3v) is 5.92. The van der Waals surface area contributed by atoms with Crippen LogP contribution < -0.4 is 10.1 Å². The van der Waals surface area contributed by atoms with Gasteiger partial charge in [0.2, 0.25) is 5.91 Å². The number of carbonyl (C=O) groups excluding carboxylic acids is 1. The van der Waals surface area contributed by atoms with Crippen LogP contribution in [0, 0.1) is 17.8 Å². The minimum absolute atomic E-state index is 0.0206. The Hall–Kier alpha value is -2.62. The summed E-state index contributed by atoms with van der Waals surface area (Å²) in [5.41, 5.74) is 3.46. The van der Waals surface area contributed by atoms with Crippen LogP contribution in [0.3, 0.4) is 0 Å². The number of hydrogen-bond acceptors (Lipinski definition) is 3. The molecule has 1 aromatic heterocycles. The SMILES string of the molecule is O=C(NC[C@H]1Cc2cc(-c3cccnc3)ccc2O1)[C@@H]1C[C@@H]2C=C[C@H]1C2. The van der Waals surface area contributed by atoms with Gasteiger partial charge in [0.15, 0.2) is 0 Å². The number of rotatable bonds is 4. The Kier molecular flexibility index (Phi) is 3.77. The first-order valence-corrected chi connectivity index (χ1v) is 9.42. The number of pyridine rings is 1. The first-order chi connectivity index (χ1) is 12.8. The third kappa shape index (κ3) is 2.79. The van der Waals surface area contributed by atoms with Crippen molar-refractivity contribution in [1.82, 2.24) is 10.3 Å². The molecule has 4 nitrogen and oxygen atoms in total. The minimum Gasteiger partial charge on any atom is -0.488 e. The van der Waals surface area contributed by atoms with Crippen molar-refractivity contribution in [2.24, 2.45) is 17.8 Å². The van der Waals surface area contributed by atoms with Gasteiger partial charge in [-0.25, -0.2) is 0 Å². The Morgan fingerprint density at radius 3 is 2.92 bits per heavy atom. The summed E-state index contributed by atoms with van der Waals surface area (Å²) >= 11 is 0. The lowest BCUT2D eigenvalue weighted by Gasteiger charge is -2.19. The predicted octanol–water partition coefficient (Wildman–Crippen LogP) is 3.38. The highest BCUT2D eigenvalue weighted by atomic mass is 16.5. The molecule has 132 valence electrons. The highest BCUT2D eigenvalue weighted by Crippen LogP contribution is 2.43. The maximum Gasteiger partial charge on any atom is 0.223 e. The Balaban J connectivity index is 1.21. The fourth-order valence-electron chi connectivity index (χ4n) is 4.58. The van der Waals surface area contributed by atoms with Crippen LogP contribution in [0.2, 0.25) is 0 Å². The molecule has 0 spiro atoms. The molecular weight excluding hydrogens is 324 g/mol. The van der Waals surface area contributed by atoms with Crippen LogP contribution in [0.25, 0.3) is 11.1 Å². The second kappa shape index (κ2) is 6.27. The summed E-state index contributed by atoms with van der Waals surface area (Å²) in [5, 5.41) is 3.12. The van der Waals surface area contributed by atoms with Gasteiger partial charge in [0, 0.05) is 30.3 Å². The van der Waals surface area contributed by atoms with Gasteiger partial charge in [0.25, 0.3) is 0 Å². The summed E-state index contributed by atoms with van der Waals surface area (Å²) in [4.78, 5) is 16.7. The van der Waals surface area contributed by atoms with Gasteiger partial charge in [-0.15, -0.1) is 0 Å².